The molecule has 3 nitrogen and oxygen atoms in total. The van der Waals surface area contributed by atoms with E-state index in [1.807, 2.05) is 0 Å². The van der Waals surface area contributed by atoms with E-state index in [2.05, 4.69) is 6.92 Å². The van der Waals surface area contributed by atoms with E-state index >= 15 is 0 Å². The molecule has 0 aromatic rings. The van der Waals surface area contributed by atoms with Crippen molar-refractivity contribution >= 4 is 0 Å². The Morgan fingerprint density at radius 3 is 2.62 bits per heavy atom. The molecule has 0 radical (unpaired) electrons. The normalized spacial score (nSPS) is 21.7. The lowest BCUT2D eigenvalue weighted by Gasteiger charge is -2.36. The first-order valence-corrected chi connectivity index (χ1v) is 5.25. The molecule has 0 atom stereocenters. The molecule has 0 saturated carbocycles. The number of hydrogen-bond donors (Lipinski definition) is 1. The van der Waals surface area contributed by atoms with Crippen LogP contribution in [0.5, 0.6) is 0 Å². The van der Waals surface area contributed by atoms with Crippen LogP contribution in [0, 0.1) is 0 Å². The Bertz CT molecular complexity index is 133. The van der Waals surface area contributed by atoms with Crippen LogP contribution in [-0.4, -0.2) is 32.0 Å². The van der Waals surface area contributed by atoms with E-state index < -0.39 is 0 Å². The molecule has 78 valence electrons. The summed E-state index contributed by atoms with van der Waals surface area (Å²) in [7, 11) is 0. The summed E-state index contributed by atoms with van der Waals surface area (Å²) in [4.78, 5) is 0. The fraction of sp³-hybridized carbons (Fsp3) is 1.00. The number of nitrogens with two attached hydrogens (primary N) is 1. The maximum atomic E-state index is 5.86. The van der Waals surface area contributed by atoms with Crippen molar-refractivity contribution in [2.24, 2.45) is 5.73 Å². The lowest BCUT2D eigenvalue weighted by Crippen LogP contribution is -2.45. The minimum absolute atomic E-state index is 0.0760. The Hall–Kier alpha value is -0.120. The molecule has 0 aromatic heterocycles. The Morgan fingerprint density at radius 1 is 1.38 bits per heavy atom. The van der Waals surface area contributed by atoms with Crippen LogP contribution in [0.1, 0.15) is 32.6 Å². The number of rotatable bonds is 5. The summed E-state index contributed by atoms with van der Waals surface area (Å²) in [6.45, 7) is 5.23. The summed E-state index contributed by atoms with van der Waals surface area (Å²) < 4.78 is 11.2. The number of unbranched alkanes of at least 4 members (excludes halogenated alkanes) is 1. The van der Waals surface area contributed by atoms with Crippen LogP contribution in [-0.2, 0) is 9.47 Å². The highest BCUT2D eigenvalue weighted by Gasteiger charge is 2.31. The maximum Gasteiger partial charge on any atom is 0.0847 e. The van der Waals surface area contributed by atoms with Crippen LogP contribution in [0.3, 0.4) is 0 Å². The minimum Gasteiger partial charge on any atom is -0.381 e. The van der Waals surface area contributed by atoms with Crippen molar-refractivity contribution in [3.05, 3.63) is 0 Å². The molecule has 0 unspecified atom stereocenters. The van der Waals surface area contributed by atoms with Crippen LogP contribution >= 0.6 is 0 Å². The summed E-state index contributed by atoms with van der Waals surface area (Å²) in [6.07, 6.45) is 4.21. The minimum atomic E-state index is -0.0760. The molecule has 1 fully saturated rings. The SMILES string of the molecule is CCCCOC1(CN)CCOCC1. The topological polar surface area (TPSA) is 44.5 Å². The summed E-state index contributed by atoms with van der Waals surface area (Å²) in [5.74, 6) is 0. The summed E-state index contributed by atoms with van der Waals surface area (Å²) in [6, 6.07) is 0. The maximum absolute atomic E-state index is 5.86. The zero-order valence-corrected chi connectivity index (χ0v) is 8.55. The summed E-state index contributed by atoms with van der Waals surface area (Å²) >= 11 is 0. The van der Waals surface area contributed by atoms with Crippen LogP contribution in [0.25, 0.3) is 0 Å². The molecule has 0 spiro atoms. The van der Waals surface area contributed by atoms with Gasteiger partial charge in [0, 0.05) is 39.2 Å². The Morgan fingerprint density at radius 2 is 2.08 bits per heavy atom. The standard InChI is InChI=1S/C10H21NO2/c1-2-3-6-13-10(9-11)4-7-12-8-5-10/h2-9,11H2,1H3. The zero-order valence-electron chi connectivity index (χ0n) is 8.55. The van der Waals surface area contributed by atoms with Crippen LogP contribution in [0.15, 0.2) is 0 Å². The molecule has 1 aliphatic heterocycles. The quantitative estimate of drug-likeness (QED) is 0.660. The van der Waals surface area contributed by atoms with E-state index in [0.29, 0.717) is 6.54 Å². The van der Waals surface area contributed by atoms with E-state index in [1.165, 1.54) is 6.42 Å². The first-order chi connectivity index (χ1) is 6.33. The molecule has 0 aliphatic carbocycles. The van der Waals surface area contributed by atoms with Gasteiger partial charge in [0.1, 0.15) is 0 Å². The molecule has 2 N–H and O–H groups in total. The first-order valence-electron chi connectivity index (χ1n) is 5.25. The summed E-state index contributed by atoms with van der Waals surface area (Å²) in [5, 5.41) is 0. The van der Waals surface area contributed by atoms with Gasteiger partial charge in [-0.2, -0.15) is 0 Å². The molecule has 3 heteroatoms. The smallest absolute Gasteiger partial charge is 0.0847 e. The van der Waals surface area contributed by atoms with E-state index in [0.717, 1.165) is 39.1 Å². The van der Waals surface area contributed by atoms with Crippen molar-refractivity contribution in [1.82, 2.24) is 0 Å². The third-order valence-corrected chi connectivity index (χ3v) is 2.68. The average Bonchev–Trinajstić information content (AvgIpc) is 2.20. The monoisotopic (exact) mass is 187 g/mol. The summed E-state index contributed by atoms with van der Waals surface area (Å²) in [5.41, 5.74) is 5.66. The average molecular weight is 187 g/mol. The number of ether oxygens (including phenoxy) is 2. The molecule has 1 saturated heterocycles. The predicted molar refractivity (Wildman–Crippen MR) is 52.7 cm³/mol. The van der Waals surface area contributed by atoms with Crippen LogP contribution < -0.4 is 5.73 Å². The highest BCUT2D eigenvalue weighted by atomic mass is 16.5. The lowest BCUT2D eigenvalue weighted by atomic mass is 9.94. The van der Waals surface area contributed by atoms with Gasteiger partial charge in [0.2, 0.25) is 0 Å². The highest BCUT2D eigenvalue weighted by Crippen LogP contribution is 2.24. The largest absolute Gasteiger partial charge is 0.381 e. The Kier molecular flexibility index (Phi) is 4.70. The fourth-order valence-electron chi connectivity index (χ4n) is 1.58. The molecule has 1 rings (SSSR count). The van der Waals surface area contributed by atoms with E-state index in [9.17, 15) is 0 Å². The fourth-order valence-corrected chi connectivity index (χ4v) is 1.58. The van der Waals surface area contributed by atoms with Gasteiger partial charge in [0.15, 0.2) is 0 Å². The Balaban J connectivity index is 2.29. The molecule has 0 bridgehead atoms. The van der Waals surface area contributed by atoms with Gasteiger partial charge in [0.05, 0.1) is 5.60 Å². The van der Waals surface area contributed by atoms with Crippen LogP contribution in [0.4, 0.5) is 0 Å². The molecule has 1 aliphatic rings. The van der Waals surface area contributed by atoms with Crippen molar-refractivity contribution in [3.8, 4) is 0 Å². The van der Waals surface area contributed by atoms with Gasteiger partial charge in [-0.25, -0.2) is 0 Å². The van der Waals surface area contributed by atoms with Gasteiger partial charge >= 0.3 is 0 Å². The second-order valence-corrected chi connectivity index (χ2v) is 3.70. The van der Waals surface area contributed by atoms with Gasteiger partial charge in [-0.3, -0.25) is 0 Å². The first kappa shape index (κ1) is 11.0. The van der Waals surface area contributed by atoms with Crippen molar-refractivity contribution in [2.45, 2.75) is 38.2 Å². The van der Waals surface area contributed by atoms with Gasteiger partial charge in [-0.15, -0.1) is 0 Å². The molecule has 0 amide bonds. The lowest BCUT2D eigenvalue weighted by molar-refractivity contribution is -0.105. The van der Waals surface area contributed by atoms with E-state index in [1.54, 1.807) is 0 Å². The van der Waals surface area contributed by atoms with Crippen molar-refractivity contribution < 1.29 is 9.47 Å². The van der Waals surface area contributed by atoms with Crippen LogP contribution in [0.2, 0.25) is 0 Å². The predicted octanol–water partition coefficient (Wildman–Crippen LogP) is 1.31. The second-order valence-electron chi connectivity index (χ2n) is 3.70. The van der Waals surface area contributed by atoms with Gasteiger partial charge < -0.3 is 15.2 Å². The Labute approximate surface area is 80.6 Å². The van der Waals surface area contributed by atoms with E-state index in [4.69, 9.17) is 15.2 Å². The highest BCUT2D eigenvalue weighted by molar-refractivity contribution is 4.84. The third kappa shape index (κ3) is 3.25. The van der Waals surface area contributed by atoms with E-state index in [-0.39, 0.29) is 5.60 Å². The molecule has 0 aromatic carbocycles. The van der Waals surface area contributed by atoms with Gasteiger partial charge in [-0.1, -0.05) is 13.3 Å². The molecular weight excluding hydrogens is 166 g/mol. The van der Waals surface area contributed by atoms with Crippen molar-refractivity contribution in [2.75, 3.05) is 26.4 Å². The molecular formula is C10H21NO2. The van der Waals surface area contributed by atoms with Gasteiger partial charge in [-0.05, 0) is 6.42 Å². The third-order valence-electron chi connectivity index (χ3n) is 2.68. The van der Waals surface area contributed by atoms with Crippen molar-refractivity contribution in [3.63, 3.8) is 0 Å². The van der Waals surface area contributed by atoms with Crippen molar-refractivity contribution in [1.29, 1.82) is 0 Å². The molecule has 13 heavy (non-hydrogen) atoms. The zero-order chi connectivity index (χ0) is 9.57. The molecule has 1 heterocycles. The number of hydrogen-bond acceptors (Lipinski definition) is 3. The van der Waals surface area contributed by atoms with Gasteiger partial charge in [0.25, 0.3) is 0 Å². The second kappa shape index (κ2) is 5.58.